The van der Waals surface area contributed by atoms with E-state index in [0.717, 1.165) is 31.6 Å². The van der Waals surface area contributed by atoms with Crippen LogP contribution in [0.25, 0.3) is 0 Å². The quantitative estimate of drug-likeness (QED) is 0.717. The Morgan fingerprint density at radius 1 is 1.60 bits per heavy atom. The number of hydrogen-bond acceptors (Lipinski definition) is 3. The van der Waals surface area contributed by atoms with Gasteiger partial charge in [0.2, 0.25) is 0 Å². The fraction of sp³-hybridized carbons (Fsp3) is 0.600. The number of amides is 1. The highest BCUT2D eigenvalue weighted by molar-refractivity contribution is 5.91. The molecule has 1 aromatic heterocycles. The van der Waals surface area contributed by atoms with E-state index in [4.69, 9.17) is 5.73 Å². The number of rotatable bonds is 2. The molecule has 5 nitrogen and oxygen atoms in total. The minimum absolute atomic E-state index is 0.412. The summed E-state index contributed by atoms with van der Waals surface area (Å²) >= 11 is 0. The molecule has 0 radical (unpaired) electrons. The number of carbonyl (C=O) groups is 1. The number of carbonyl (C=O) groups excluding carboxylic acids is 1. The van der Waals surface area contributed by atoms with Crippen LogP contribution in [0.2, 0.25) is 0 Å². The van der Waals surface area contributed by atoms with Crippen molar-refractivity contribution in [2.24, 2.45) is 12.8 Å². The topological polar surface area (TPSA) is 72.9 Å². The van der Waals surface area contributed by atoms with E-state index < -0.39 is 5.91 Å². The average molecular weight is 208 g/mol. The van der Waals surface area contributed by atoms with Crippen LogP contribution in [0.1, 0.15) is 34.9 Å². The third-order valence-corrected chi connectivity index (χ3v) is 2.91. The molecule has 82 valence electrons. The van der Waals surface area contributed by atoms with Gasteiger partial charge in [-0.2, -0.15) is 5.10 Å². The number of nitrogens with one attached hydrogen (secondary N) is 1. The summed E-state index contributed by atoms with van der Waals surface area (Å²) in [6.07, 6.45) is 2.16. The van der Waals surface area contributed by atoms with Crippen LogP contribution in [0.4, 0.5) is 0 Å². The Balaban J connectivity index is 2.21. The van der Waals surface area contributed by atoms with Crippen molar-refractivity contribution in [2.45, 2.75) is 18.8 Å². The van der Waals surface area contributed by atoms with E-state index in [1.54, 1.807) is 11.7 Å². The summed E-state index contributed by atoms with van der Waals surface area (Å²) in [7, 11) is 1.75. The van der Waals surface area contributed by atoms with Crippen LogP contribution in [-0.4, -0.2) is 28.8 Å². The molecular weight excluding hydrogens is 192 g/mol. The van der Waals surface area contributed by atoms with Crippen LogP contribution < -0.4 is 11.1 Å². The monoisotopic (exact) mass is 208 g/mol. The predicted octanol–water partition coefficient (Wildman–Crippen LogP) is -0.0140. The summed E-state index contributed by atoms with van der Waals surface area (Å²) < 4.78 is 1.57. The third-order valence-electron chi connectivity index (χ3n) is 2.91. The number of primary amides is 1. The van der Waals surface area contributed by atoms with Gasteiger partial charge >= 0.3 is 0 Å². The van der Waals surface area contributed by atoms with Crippen molar-refractivity contribution in [3.8, 4) is 0 Å². The van der Waals surface area contributed by atoms with Crippen LogP contribution >= 0.6 is 0 Å². The normalized spacial score (nSPS) is 17.9. The number of hydrogen-bond donors (Lipinski definition) is 2. The maximum absolute atomic E-state index is 11.1. The van der Waals surface area contributed by atoms with Crippen LogP contribution in [0, 0.1) is 0 Å². The van der Waals surface area contributed by atoms with Gasteiger partial charge in [0.1, 0.15) is 5.69 Å². The first kappa shape index (κ1) is 10.2. The second-order valence-electron chi connectivity index (χ2n) is 3.97. The van der Waals surface area contributed by atoms with Crippen molar-refractivity contribution in [2.75, 3.05) is 13.1 Å². The Morgan fingerprint density at radius 3 is 2.80 bits per heavy atom. The standard InChI is InChI=1S/C10H16N4O/c1-14-9(10(11)15)6-8(13-14)7-2-4-12-5-3-7/h6-7,12H,2-5H2,1H3,(H2,11,15). The summed E-state index contributed by atoms with van der Waals surface area (Å²) in [5.74, 6) is 0.0516. The molecule has 0 bridgehead atoms. The van der Waals surface area contributed by atoms with E-state index in [1.165, 1.54) is 0 Å². The van der Waals surface area contributed by atoms with E-state index >= 15 is 0 Å². The first-order valence-corrected chi connectivity index (χ1v) is 5.23. The number of nitrogens with two attached hydrogens (primary N) is 1. The van der Waals surface area contributed by atoms with Crippen molar-refractivity contribution in [1.82, 2.24) is 15.1 Å². The van der Waals surface area contributed by atoms with Crippen molar-refractivity contribution in [1.29, 1.82) is 0 Å². The predicted molar refractivity (Wildman–Crippen MR) is 56.6 cm³/mol. The van der Waals surface area contributed by atoms with Gasteiger partial charge in [0.15, 0.2) is 0 Å². The lowest BCUT2D eigenvalue weighted by molar-refractivity contribution is 0.0991. The molecule has 1 aromatic rings. The Labute approximate surface area is 88.6 Å². The van der Waals surface area contributed by atoms with Crippen molar-refractivity contribution >= 4 is 5.91 Å². The third kappa shape index (κ3) is 2.02. The highest BCUT2D eigenvalue weighted by atomic mass is 16.1. The summed E-state index contributed by atoms with van der Waals surface area (Å²) in [6, 6.07) is 1.82. The van der Waals surface area contributed by atoms with E-state index in [2.05, 4.69) is 10.4 Å². The Hall–Kier alpha value is -1.36. The molecule has 1 aliphatic rings. The highest BCUT2D eigenvalue weighted by Gasteiger charge is 2.20. The van der Waals surface area contributed by atoms with Gasteiger partial charge in [-0.3, -0.25) is 9.48 Å². The number of aromatic nitrogens is 2. The molecule has 0 spiro atoms. The van der Waals surface area contributed by atoms with Gasteiger partial charge in [0.25, 0.3) is 5.91 Å². The zero-order chi connectivity index (χ0) is 10.8. The van der Waals surface area contributed by atoms with Crippen LogP contribution in [0.3, 0.4) is 0 Å². The number of aryl methyl sites for hydroxylation is 1. The lowest BCUT2D eigenvalue weighted by Crippen LogP contribution is -2.26. The molecule has 0 atom stereocenters. The number of piperidine rings is 1. The van der Waals surface area contributed by atoms with Crippen molar-refractivity contribution in [3.63, 3.8) is 0 Å². The van der Waals surface area contributed by atoms with Gasteiger partial charge in [-0.1, -0.05) is 0 Å². The van der Waals surface area contributed by atoms with E-state index in [-0.39, 0.29) is 0 Å². The first-order chi connectivity index (χ1) is 7.18. The van der Waals surface area contributed by atoms with E-state index in [1.807, 2.05) is 6.07 Å². The second kappa shape index (κ2) is 4.02. The summed E-state index contributed by atoms with van der Waals surface area (Å²) in [4.78, 5) is 11.1. The molecule has 3 N–H and O–H groups in total. The minimum Gasteiger partial charge on any atom is -0.364 e. The van der Waals surface area contributed by atoms with E-state index in [9.17, 15) is 4.79 Å². The molecule has 0 saturated carbocycles. The molecule has 2 rings (SSSR count). The molecule has 0 aliphatic carbocycles. The lowest BCUT2D eigenvalue weighted by Gasteiger charge is -2.20. The molecule has 1 amide bonds. The van der Waals surface area contributed by atoms with Gasteiger partial charge in [-0.05, 0) is 32.0 Å². The maximum atomic E-state index is 11.1. The molecule has 1 saturated heterocycles. The molecule has 0 unspecified atom stereocenters. The number of nitrogens with zero attached hydrogens (tertiary/aromatic N) is 2. The molecular formula is C10H16N4O. The Morgan fingerprint density at radius 2 is 2.27 bits per heavy atom. The molecule has 15 heavy (non-hydrogen) atoms. The molecule has 1 aliphatic heterocycles. The maximum Gasteiger partial charge on any atom is 0.266 e. The van der Waals surface area contributed by atoms with Crippen LogP contribution in [-0.2, 0) is 7.05 Å². The lowest BCUT2D eigenvalue weighted by atomic mass is 9.94. The zero-order valence-corrected chi connectivity index (χ0v) is 8.86. The molecule has 1 fully saturated rings. The Kier molecular flexibility index (Phi) is 2.73. The zero-order valence-electron chi connectivity index (χ0n) is 8.86. The Bertz CT molecular complexity index is 365. The van der Waals surface area contributed by atoms with Gasteiger partial charge in [-0.25, -0.2) is 0 Å². The summed E-state index contributed by atoms with van der Waals surface area (Å²) in [5.41, 5.74) is 6.73. The summed E-state index contributed by atoms with van der Waals surface area (Å²) in [6.45, 7) is 2.04. The molecule has 2 heterocycles. The molecule has 0 aromatic carbocycles. The average Bonchev–Trinajstić information content (AvgIpc) is 2.62. The van der Waals surface area contributed by atoms with Gasteiger partial charge in [-0.15, -0.1) is 0 Å². The van der Waals surface area contributed by atoms with Gasteiger partial charge < -0.3 is 11.1 Å². The fourth-order valence-corrected chi connectivity index (χ4v) is 2.04. The largest absolute Gasteiger partial charge is 0.364 e. The fourth-order valence-electron chi connectivity index (χ4n) is 2.04. The first-order valence-electron chi connectivity index (χ1n) is 5.23. The van der Waals surface area contributed by atoms with Crippen molar-refractivity contribution < 1.29 is 4.79 Å². The minimum atomic E-state index is -0.412. The molecule has 5 heteroatoms. The van der Waals surface area contributed by atoms with Gasteiger partial charge in [0, 0.05) is 13.0 Å². The van der Waals surface area contributed by atoms with Gasteiger partial charge in [0.05, 0.1) is 5.69 Å². The SMILES string of the molecule is Cn1nc(C2CCNCC2)cc1C(N)=O. The van der Waals surface area contributed by atoms with Crippen molar-refractivity contribution in [3.05, 3.63) is 17.5 Å². The van der Waals surface area contributed by atoms with Crippen LogP contribution in [0.5, 0.6) is 0 Å². The van der Waals surface area contributed by atoms with Crippen LogP contribution in [0.15, 0.2) is 6.07 Å². The second-order valence-corrected chi connectivity index (χ2v) is 3.97. The van der Waals surface area contributed by atoms with E-state index in [0.29, 0.717) is 11.6 Å². The summed E-state index contributed by atoms with van der Waals surface area (Å²) in [5, 5.41) is 7.65. The smallest absolute Gasteiger partial charge is 0.266 e. The highest BCUT2D eigenvalue weighted by Crippen LogP contribution is 2.24.